The minimum Gasteiger partial charge on any atom is -0.462 e. The molecule has 4 aromatic rings. The molecule has 1 saturated heterocycles. The quantitative estimate of drug-likeness (QED) is 0.405. The van der Waals surface area contributed by atoms with E-state index in [0.29, 0.717) is 23.3 Å². The van der Waals surface area contributed by atoms with Crippen LogP contribution < -0.4 is 10.5 Å². The number of fused-ring (bicyclic) bond motifs is 3. The molecule has 2 aromatic heterocycles. The van der Waals surface area contributed by atoms with Crippen molar-refractivity contribution in [3.8, 4) is 0 Å². The minimum absolute atomic E-state index is 0.135. The fourth-order valence-electron chi connectivity index (χ4n) is 4.72. The van der Waals surface area contributed by atoms with Gasteiger partial charge in [0.25, 0.3) is 5.56 Å². The predicted octanol–water partition coefficient (Wildman–Crippen LogP) is 4.04. The molecule has 8 nitrogen and oxygen atoms in total. The number of nitrogens with zero attached hydrogens (tertiary/aromatic N) is 5. The summed E-state index contributed by atoms with van der Waals surface area (Å²) in [6.45, 7) is 1.98. The van der Waals surface area contributed by atoms with E-state index in [1.165, 1.54) is 0 Å². The molecule has 0 spiro atoms. The molecule has 33 heavy (non-hydrogen) atoms. The van der Waals surface area contributed by atoms with E-state index in [9.17, 15) is 4.79 Å². The molecule has 1 atom stereocenters. The first-order chi connectivity index (χ1) is 16.2. The van der Waals surface area contributed by atoms with Crippen molar-refractivity contribution in [2.24, 2.45) is 0 Å². The van der Waals surface area contributed by atoms with Crippen LogP contribution in [-0.4, -0.2) is 39.0 Å². The minimum atomic E-state index is -0.427. The molecule has 1 fully saturated rings. The second kappa shape index (κ2) is 8.22. The topological polar surface area (TPSA) is 73.9 Å². The number of benzene rings is 2. The monoisotopic (exact) mass is 507 g/mol. The van der Waals surface area contributed by atoms with E-state index in [4.69, 9.17) is 9.47 Å². The lowest BCUT2D eigenvalue weighted by atomic mass is 10.0. The average molecular weight is 508 g/mol. The van der Waals surface area contributed by atoms with Gasteiger partial charge in [0.15, 0.2) is 5.76 Å². The van der Waals surface area contributed by atoms with Gasteiger partial charge in [-0.1, -0.05) is 46.3 Å². The van der Waals surface area contributed by atoms with Crippen molar-refractivity contribution in [1.82, 2.24) is 19.2 Å². The van der Waals surface area contributed by atoms with Crippen LogP contribution in [0.3, 0.4) is 0 Å². The Labute approximate surface area is 198 Å². The van der Waals surface area contributed by atoms with Gasteiger partial charge in [0.05, 0.1) is 10.9 Å². The Morgan fingerprint density at radius 2 is 1.88 bits per heavy atom. The number of rotatable bonds is 5. The van der Waals surface area contributed by atoms with Crippen LogP contribution >= 0.6 is 15.9 Å². The summed E-state index contributed by atoms with van der Waals surface area (Å²) >= 11 is 3.53. The van der Waals surface area contributed by atoms with Crippen LogP contribution in [0.1, 0.15) is 24.4 Å². The Morgan fingerprint density at radius 3 is 2.64 bits per heavy atom. The zero-order valence-electron chi connectivity index (χ0n) is 17.9. The van der Waals surface area contributed by atoms with Crippen molar-refractivity contribution >= 4 is 38.6 Å². The number of hydrogen-bond donors (Lipinski definition) is 0. The largest absolute Gasteiger partial charge is 0.462 e. The molecule has 4 heterocycles. The first-order valence-electron chi connectivity index (χ1n) is 11.0. The number of halogens is 1. The maximum absolute atomic E-state index is 13.9. The van der Waals surface area contributed by atoms with Crippen molar-refractivity contribution in [3.63, 3.8) is 0 Å². The van der Waals surface area contributed by atoms with E-state index < -0.39 is 6.04 Å². The van der Waals surface area contributed by atoms with E-state index >= 15 is 0 Å². The summed E-state index contributed by atoms with van der Waals surface area (Å²) in [5.74, 6) is 1.86. The summed E-state index contributed by atoms with van der Waals surface area (Å²) in [6, 6.07) is 15.4. The molecule has 0 amide bonds. The van der Waals surface area contributed by atoms with E-state index in [1.807, 2.05) is 52.9 Å². The Bertz CT molecular complexity index is 1420. The molecule has 168 valence electrons. The highest BCUT2D eigenvalue weighted by molar-refractivity contribution is 9.10. The summed E-state index contributed by atoms with van der Waals surface area (Å²) in [4.78, 5) is 16.2. The van der Waals surface area contributed by atoms with Crippen molar-refractivity contribution in [1.29, 1.82) is 0 Å². The van der Waals surface area contributed by atoms with E-state index in [1.54, 1.807) is 10.8 Å². The van der Waals surface area contributed by atoms with Gasteiger partial charge < -0.3 is 14.4 Å². The highest BCUT2D eigenvalue weighted by Crippen LogP contribution is 2.31. The van der Waals surface area contributed by atoms with Gasteiger partial charge in [0.1, 0.15) is 12.3 Å². The second-order valence-electron chi connectivity index (χ2n) is 8.32. The van der Waals surface area contributed by atoms with Gasteiger partial charge in [-0.15, -0.1) is 10.2 Å². The molecule has 9 heteroatoms. The number of aromatic nitrogens is 4. The van der Waals surface area contributed by atoms with Crippen LogP contribution in [-0.2, 0) is 15.9 Å². The Kier molecular flexibility index (Phi) is 5.05. The fraction of sp³-hybridized carbons (Fsp3) is 0.292. The summed E-state index contributed by atoms with van der Waals surface area (Å²) in [5, 5.41) is 9.67. The third-order valence-corrected chi connectivity index (χ3v) is 6.78. The maximum atomic E-state index is 13.9. The van der Waals surface area contributed by atoms with Gasteiger partial charge in [0.2, 0.25) is 18.5 Å². The van der Waals surface area contributed by atoms with Crippen LogP contribution in [0.15, 0.2) is 69.8 Å². The zero-order valence-corrected chi connectivity index (χ0v) is 19.4. The van der Waals surface area contributed by atoms with Crippen LogP contribution in [0.2, 0.25) is 0 Å². The van der Waals surface area contributed by atoms with Gasteiger partial charge in [-0.2, -0.15) is 0 Å². The van der Waals surface area contributed by atoms with Gasteiger partial charge in [-0.3, -0.25) is 9.36 Å². The Morgan fingerprint density at radius 1 is 1.06 bits per heavy atom. The Balaban J connectivity index is 1.64. The molecule has 0 saturated carbocycles. The van der Waals surface area contributed by atoms with E-state index in [-0.39, 0.29) is 12.4 Å². The first-order valence-corrected chi connectivity index (χ1v) is 11.8. The number of anilines is 1. The summed E-state index contributed by atoms with van der Waals surface area (Å²) in [5.41, 5.74) is 1.73. The molecule has 1 unspecified atom stereocenters. The van der Waals surface area contributed by atoms with Gasteiger partial charge in [0, 0.05) is 24.0 Å². The predicted molar refractivity (Wildman–Crippen MR) is 128 cm³/mol. The molecule has 2 aliphatic heterocycles. The molecular weight excluding hydrogens is 486 g/mol. The SMILES string of the molecule is O=c1c2cc(Br)ccc2n2c(N3CCCC3)nnc2n1C(Cc1ccccc1)C1=COCO1. The third kappa shape index (κ3) is 3.47. The number of hydrogen-bond acceptors (Lipinski definition) is 6. The molecule has 2 aliphatic rings. The molecule has 0 aliphatic carbocycles. The fourth-order valence-corrected chi connectivity index (χ4v) is 5.08. The molecule has 2 aromatic carbocycles. The molecule has 0 radical (unpaired) electrons. The Hall–Kier alpha value is -3.33. The van der Waals surface area contributed by atoms with E-state index in [2.05, 4.69) is 31.0 Å². The van der Waals surface area contributed by atoms with Crippen molar-refractivity contribution in [3.05, 3.63) is 80.9 Å². The highest BCUT2D eigenvalue weighted by atomic mass is 79.9. The number of ether oxygens (including phenoxy) is 2. The summed E-state index contributed by atoms with van der Waals surface area (Å²) in [7, 11) is 0. The van der Waals surface area contributed by atoms with Crippen molar-refractivity contribution in [2.45, 2.75) is 25.3 Å². The van der Waals surface area contributed by atoms with Crippen molar-refractivity contribution < 1.29 is 9.47 Å². The van der Waals surface area contributed by atoms with Crippen LogP contribution in [0.4, 0.5) is 5.95 Å². The molecule has 6 rings (SSSR count). The molecule has 0 bridgehead atoms. The smallest absolute Gasteiger partial charge is 0.263 e. The third-order valence-electron chi connectivity index (χ3n) is 6.29. The lowest BCUT2D eigenvalue weighted by molar-refractivity contribution is 0.0712. The molecule has 0 N–H and O–H groups in total. The van der Waals surface area contributed by atoms with Crippen LogP contribution in [0.5, 0.6) is 0 Å². The van der Waals surface area contributed by atoms with E-state index in [0.717, 1.165) is 47.4 Å². The second-order valence-corrected chi connectivity index (χ2v) is 9.24. The number of allylic oxidation sites excluding steroid dienone is 1. The van der Waals surface area contributed by atoms with Gasteiger partial charge in [-0.05, 0) is 36.6 Å². The standard InChI is InChI=1S/C24H22BrN5O3/c25-17-8-9-19-18(13-17)22(31)29(24-27-26-23(30(19)24)28-10-4-5-11-28)20(21-14-32-15-33-21)12-16-6-2-1-3-7-16/h1-3,6-9,13-14,20H,4-5,10-12,15H2. The lowest BCUT2D eigenvalue weighted by Gasteiger charge is -2.22. The van der Waals surface area contributed by atoms with Crippen molar-refractivity contribution in [2.75, 3.05) is 24.8 Å². The van der Waals surface area contributed by atoms with Crippen LogP contribution in [0, 0.1) is 0 Å². The molecular formula is C24H22BrN5O3. The maximum Gasteiger partial charge on any atom is 0.263 e. The van der Waals surface area contributed by atoms with Crippen LogP contribution in [0.25, 0.3) is 16.7 Å². The zero-order chi connectivity index (χ0) is 22.4. The summed E-state index contributed by atoms with van der Waals surface area (Å²) in [6.07, 6.45) is 4.38. The highest BCUT2D eigenvalue weighted by Gasteiger charge is 2.29. The van der Waals surface area contributed by atoms with Gasteiger partial charge >= 0.3 is 0 Å². The van der Waals surface area contributed by atoms with Gasteiger partial charge in [-0.25, -0.2) is 4.40 Å². The first kappa shape index (κ1) is 20.3. The summed E-state index contributed by atoms with van der Waals surface area (Å²) < 4.78 is 15.7. The normalized spacial score (nSPS) is 16.8. The lowest BCUT2D eigenvalue weighted by Crippen LogP contribution is -2.30. The average Bonchev–Trinajstić information content (AvgIpc) is 3.60.